The van der Waals surface area contributed by atoms with Crippen molar-refractivity contribution in [3.8, 4) is 5.75 Å². The second-order valence-electron chi connectivity index (χ2n) is 6.70. The molecule has 0 spiro atoms. The summed E-state index contributed by atoms with van der Waals surface area (Å²) in [6.07, 6.45) is 2.95. The van der Waals surface area contributed by atoms with Crippen LogP contribution in [0.3, 0.4) is 0 Å². The molecule has 1 amide bonds. The van der Waals surface area contributed by atoms with Crippen LogP contribution in [0.25, 0.3) is 6.08 Å². The summed E-state index contributed by atoms with van der Waals surface area (Å²) in [4.78, 5) is 27.0. The highest BCUT2D eigenvalue weighted by atomic mass is 16.5. The lowest BCUT2D eigenvalue weighted by Crippen LogP contribution is -2.34. The maximum Gasteiger partial charge on any atom is 0.290 e. The topological polar surface area (TPSA) is 107 Å². The second-order valence-corrected chi connectivity index (χ2v) is 6.70. The molecule has 1 atom stereocenters. The molecule has 0 bridgehead atoms. The molecular weight excluding hydrogens is 386 g/mol. The van der Waals surface area contributed by atoms with E-state index in [0.717, 1.165) is 5.56 Å². The Morgan fingerprint density at radius 2 is 1.73 bits per heavy atom. The summed E-state index contributed by atoms with van der Waals surface area (Å²) in [5.74, 6) is -1.71. The van der Waals surface area contributed by atoms with Crippen LogP contribution in [0.15, 0.2) is 72.0 Å². The molecule has 7 nitrogen and oxygen atoms in total. The molecule has 1 heterocycles. The number of hydrogen-bond donors (Lipinski definition) is 3. The maximum atomic E-state index is 12.9. The summed E-state index contributed by atoms with van der Waals surface area (Å²) in [7, 11) is 0. The van der Waals surface area contributed by atoms with E-state index in [-0.39, 0.29) is 37.7 Å². The van der Waals surface area contributed by atoms with E-state index in [2.05, 4.69) is 0 Å². The third kappa shape index (κ3) is 4.76. The monoisotopic (exact) mass is 409 g/mol. The van der Waals surface area contributed by atoms with Crippen molar-refractivity contribution in [2.45, 2.75) is 6.04 Å². The second kappa shape index (κ2) is 9.87. The predicted octanol–water partition coefficient (Wildman–Crippen LogP) is 2.38. The number of aliphatic hydroxyl groups is 2. The minimum absolute atomic E-state index is 0.0278. The number of allylic oxidation sites excluding steroid dienone is 1. The van der Waals surface area contributed by atoms with Crippen molar-refractivity contribution in [1.29, 1.82) is 0 Å². The number of rotatable bonds is 9. The Hall–Kier alpha value is -3.42. The first-order chi connectivity index (χ1) is 14.5. The highest BCUT2D eigenvalue weighted by molar-refractivity contribution is 6.14. The number of benzene rings is 2. The largest absolute Gasteiger partial charge is 0.508 e. The molecular formula is C23H23NO6. The van der Waals surface area contributed by atoms with E-state index in [1.54, 1.807) is 18.2 Å². The molecule has 3 N–H and O–H groups in total. The normalized spacial score (nSPS) is 16.6. The van der Waals surface area contributed by atoms with E-state index in [1.807, 2.05) is 30.3 Å². The molecule has 0 aromatic heterocycles. The van der Waals surface area contributed by atoms with Gasteiger partial charge in [-0.05, 0) is 29.3 Å². The van der Waals surface area contributed by atoms with Crippen molar-refractivity contribution < 1.29 is 29.6 Å². The van der Waals surface area contributed by atoms with Gasteiger partial charge in [-0.2, -0.15) is 0 Å². The van der Waals surface area contributed by atoms with Gasteiger partial charge in [0.2, 0.25) is 0 Å². The third-order valence-corrected chi connectivity index (χ3v) is 4.72. The van der Waals surface area contributed by atoms with Crippen molar-refractivity contribution in [1.82, 2.24) is 4.90 Å². The van der Waals surface area contributed by atoms with Crippen LogP contribution < -0.4 is 0 Å². The Morgan fingerprint density at radius 1 is 1.03 bits per heavy atom. The van der Waals surface area contributed by atoms with E-state index in [1.165, 1.54) is 23.1 Å². The van der Waals surface area contributed by atoms with Gasteiger partial charge in [0.05, 0.1) is 31.4 Å². The molecule has 1 unspecified atom stereocenters. The van der Waals surface area contributed by atoms with Crippen molar-refractivity contribution >= 4 is 17.8 Å². The lowest BCUT2D eigenvalue weighted by atomic mass is 9.95. The molecule has 2 aromatic rings. The zero-order valence-electron chi connectivity index (χ0n) is 16.3. The standard InChI is InChI=1S/C23H23NO6/c25-13-15-30-14-12-24-21(17-7-9-18(26)10-8-17)20(22(28)23(24)29)19(27)11-6-16-4-2-1-3-5-16/h1-11,21,25-26,28H,12-15H2. The summed E-state index contributed by atoms with van der Waals surface area (Å²) in [5, 5.41) is 28.9. The number of amides is 1. The molecule has 30 heavy (non-hydrogen) atoms. The number of carbonyl (C=O) groups excluding carboxylic acids is 2. The zero-order valence-corrected chi connectivity index (χ0v) is 16.3. The minimum Gasteiger partial charge on any atom is -0.508 e. The van der Waals surface area contributed by atoms with E-state index < -0.39 is 23.5 Å². The Labute approximate surface area is 174 Å². The fourth-order valence-corrected chi connectivity index (χ4v) is 3.29. The summed E-state index contributed by atoms with van der Waals surface area (Å²) >= 11 is 0. The maximum absolute atomic E-state index is 12.9. The number of carbonyl (C=O) groups is 2. The smallest absolute Gasteiger partial charge is 0.290 e. The molecule has 0 saturated heterocycles. The van der Waals surface area contributed by atoms with Crippen LogP contribution in [-0.2, 0) is 14.3 Å². The molecule has 0 saturated carbocycles. The molecule has 3 rings (SSSR count). The van der Waals surface area contributed by atoms with Crippen molar-refractivity contribution in [3.63, 3.8) is 0 Å². The molecule has 0 radical (unpaired) electrons. The Kier molecular flexibility index (Phi) is 7.00. The Bertz CT molecular complexity index is 949. The Balaban J connectivity index is 1.91. The SMILES string of the molecule is O=C(C=Cc1ccccc1)C1=C(O)C(=O)N(CCOCCO)C1c1ccc(O)cc1. The van der Waals surface area contributed by atoms with Gasteiger partial charge in [-0.1, -0.05) is 48.5 Å². The molecule has 1 aliphatic heterocycles. The van der Waals surface area contributed by atoms with Gasteiger partial charge in [-0.25, -0.2) is 0 Å². The number of hydrogen-bond acceptors (Lipinski definition) is 6. The van der Waals surface area contributed by atoms with Crippen LogP contribution in [0.5, 0.6) is 5.75 Å². The fourth-order valence-electron chi connectivity index (χ4n) is 3.29. The first kappa shape index (κ1) is 21.3. The summed E-state index contributed by atoms with van der Waals surface area (Å²) in [5.41, 5.74) is 1.36. The van der Waals surface area contributed by atoms with Crippen LogP contribution in [-0.4, -0.2) is 58.3 Å². The summed E-state index contributed by atoms with van der Waals surface area (Å²) in [6.45, 7) is 0.229. The number of phenolic OH excluding ortho intramolecular Hbond substituents is 1. The van der Waals surface area contributed by atoms with Gasteiger partial charge >= 0.3 is 0 Å². The summed E-state index contributed by atoms with van der Waals surface area (Å²) < 4.78 is 5.25. The van der Waals surface area contributed by atoms with E-state index in [4.69, 9.17) is 9.84 Å². The summed E-state index contributed by atoms with van der Waals surface area (Å²) in [6, 6.07) is 14.5. The van der Waals surface area contributed by atoms with Crippen molar-refractivity contribution in [3.05, 3.63) is 83.1 Å². The number of aromatic hydroxyl groups is 1. The van der Waals surface area contributed by atoms with Gasteiger partial charge in [0.1, 0.15) is 5.75 Å². The zero-order chi connectivity index (χ0) is 21.5. The number of aliphatic hydroxyl groups excluding tert-OH is 2. The van der Waals surface area contributed by atoms with Gasteiger partial charge in [0, 0.05) is 6.54 Å². The van der Waals surface area contributed by atoms with Gasteiger partial charge < -0.3 is 25.0 Å². The van der Waals surface area contributed by atoms with Crippen LogP contribution in [0.4, 0.5) is 0 Å². The van der Waals surface area contributed by atoms with Crippen molar-refractivity contribution in [2.24, 2.45) is 0 Å². The lowest BCUT2D eigenvalue weighted by molar-refractivity contribution is -0.130. The number of ether oxygens (including phenoxy) is 1. The number of nitrogens with zero attached hydrogens (tertiary/aromatic N) is 1. The fraction of sp³-hybridized carbons (Fsp3) is 0.217. The van der Waals surface area contributed by atoms with Crippen LogP contribution in [0.1, 0.15) is 17.2 Å². The van der Waals surface area contributed by atoms with Crippen LogP contribution >= 0.6 is 0 Å². The molecule has 0 aliphatic carbocycles. The highest BCUT2D eigenvalue weighted by Crippen LogP contribution is 2.38. The predicted molar refractivity (Wildman–Crippen MR) is 111 cm³/mol. The lowest BCUT2D eigenvalue weighted by Gasteiger charge is -2.26. The first-order valence-corrected chi connectivity index (χ1v) is 9.52. The average Bonchev–Trinajstić information content (AvgIpc) is 3.01. The van der Waals surface area contributed by atoms with Gasteiger partial charge in [0.15, 0.2) is 11.5 Å². The number of phenols is 1. The molecule has 1 aliphatic rings. The minimum atomic E-state index is -0.816. The van der Waals surface area contributed by atoms with Crippen LogP contribution in [0.2, 0.25) is 0 Å². The average molecular weight is 409 g/mol. The molecule has 7 heteroatoms. The quantitative estimate of drug-likeness (QED) is 0.434. The van der Waals surface area contributed by atoms with Gasteiger partial charge in [0.25, 0.3) is 5.91 Å². The van der Waals surface area contributed by atoms with Gasteiger partial charge in [-0.3, -0.25) is 9.59 Å². The molecule has 156 valence electrons. The number of ketones is 1. The Morgan fingerprint density at radius 3 is 2.40 bits per heavy atom. The van der Waals surface area contributed by atoms with E-state index >= 15 is 0 Å². The van der Waals surface area contributed by atoms with E-state index in [0.29, 0.717) is 5.56 Å². The van der Waals surface area contributed by atoms with Crippen molar-refractivity contribution in [2.75, 3.05) is 26.4 Å². The highest BCUT2D eigenvalue weighted by Gasteiger charge is 2.42. The molecule has 0 fully saturated rings. The van der Waals surface area contributed by atoms with E-state index in [9.17, 15) is 19.8 Å². The van der Waals surface area contributed by atoms with Gasteiger partial charge in [-0.15, -0.1) is 0 Å². The third-order valence-electron chi connectivity index (χ3n) is 4.72. The van der Waals surface area contributed by atoms with Crippen LogP contribution in [0, 0.1) is 0 Å². The first-order valence-electron chi connectivity index (χ1n) is 9.52. The molecule has 2 aromatic carbocycles.